The number of anilines is 1. The van der Waals surface area contributed by atoms with Gasteiger partial charge in [-0.25, -0.2) is 4.31 Å². The normalized spacial score (nSPS) is 13.2. The fourth-order valence-electron chi connectivity index (χ4n) is 3.52. The monoisotopic (exact) mass is 580 g/mol. The average Bonchev–Trinajstić information content (AvgIpc) is 2.82. The number of nitrogens with one attached hydrogen (secondary N) is 1. The molecule has 2 atom stereocenters. The van der Waals surface area contributed by atoms with Crippen molar-refractivity contribution < 1.29 is 18.0 Å². The van der Waals surface area contributed by atoms with Crippen molar-refractivity contribution in [3.63, 3.8) is 0 Å². The molecule has 0 unspecified atom stereocenters. The van der Waals surface area contributed by atoms with Crippen LogP contribution in [0, 0.1) is 13.8 Å². The topological polar surface area (TPSA) is 90.0 Å². The summed E-state index contributed by atoms with van der Waals surface area (Å²) in [5.74, 6) is -0.764. The minimum Gasteiger partial charge on any atom is -0.352 e. The van der Waals surface area contributed by atoms with Crippen LogP contribution in [0.1, 0.15) is 43.9 Å². The number of amides is 2. The first-order chi connectivity index (χ1) is 16.8. The van der Waals surface area contributed by atoms with Gasteiger partial charge in [-0.1, -0.05) is 47.1 Å². The molecule has 36 heavy (non-hydrogen) atoms. The van der Waals surface area contributed by atoms with Gasteiger partial charge in [0.1, 0.15) is 12.6 Å². The summed E-state index contributed by atoms with van der Waals surface area (Å²) in [6, 6.07) is 12.1. The minimum atomic E-state index is -3.99. The van der Waals surface area contributed by atoms with Crippen molar-refractivity contribution >= 4 is 43.6 Å². The summed E-state index contributed by atoms with van der Waals surface area (Å²) in [7, 11) is -1.13. The van der Waals surface area contributed by atoms with Crippen molar-refractivity contribution in [1.29, 1.82) is 0 Å². The average molecular weight is 582 g/mol. The Hall–Kier alpha value is -2.43. The predicted molar refractivity (Wildman–Crippen MR) is 148 cm³/mol. The highest BCUT2D eigenvalue weighted by molar-refractivity contribution is 9.10. The smallest absolute Gasteiger partial charge is 0.304 e. The summed E-state index contributed by atoms with van der Waals surface area (Å²) in [6.45, 7) is 8.92. The standard InChI is InChI=1S/C26H37BrN4O4S/c1-8-20(4)28-26(33)21(5)30(16-22-11-13-23(27)14-12-22)25(32)17-31(36(34,35)29(6)7)24-15-18(2)9-10-19(24)3/h9-15,20-21H,8,16-17H2,1-7H3,(H,28,33)/t20-,21+/m0/s1. The summed E-state index contributed by atoms with van der Waals surface area (Å²) >= 11 is 3.41. The van der Waals surface area contributed by atoms with Crippen LogP contribution < -0.4 is 9.62 Å². The molecule has 1 N–H and O–H groups in total. The van der Waals surface area contributed by atoms with Crippen LogP contribution in [-0.2, 0) is 26.3 Å². The highest BCUT2D eigenvalue weighted by Gasteiger charge is 2.33. The highest BCUT2D eigenvalue weighted by Crippen LogP contribution is 2.26. The molecule has 0 aliphatic heterocycles. The maximum absolute atomic E-state index is 13.8. The van der Waals surface area contributed by atoms with Gasteiger partial charge >= 0.3 is 10.2 Å². The van der Waals surface area contributed by atoms with E-state index in [1.807, 2.05) is 57.2 Å². The van der Waals surface area contributed by atoms with E-state index in [-0.39, 0.29) is 18.5 Å². The molecule has 198 valence electrons. The van der Waals surface area contributed by atoms with E-state index in [0.29, 0.717) is 5.69 Å². The molecule has 2 amide bonds. The lowest BCUT2D eigenvalue weighted by Crippen LogP contribution is -2.53. The van der Waals surface area contributed by atoms with Gasteiger partial charge in [-0.15, -0.1) is 0 Å². The van der Waals surface area contributed by atoms with Crippen LogP contribution in [0.15, 0.2) is 46.9 Å². The zero-order valence-electron chi connectivity index (χ0n) is 22.1. The first-order valence-corrected chi connectivity index (χ1v) is 14.1. The van der Waals surface area contributed by atoms with Gasteiger partial charge in [0, 0.05) is 31.2 Å². The summed E-state index contributed by atoms with van der Waals surface area (Å²) in [5, 5.41) is 2.93. The van der Waals surface area contributed by atoms with E-state index >= 15 is 0 Å². The van der Waals surface area contributed by atoms with Gasteiger partial charge < -0.3 is 10.2 Å². The fraction of sp³-hybridized carbons (Fsp3) is 0.462. The van der Waals surface area contributed by atoms with Crippen LogP contribution in [0.5, 0.6) is 0 Å². The molecular weight excluding hydrogens is 544 g/mol. The molecule has 0 radical (unpaired) electrons. The Labute approximate surface area is 224 Å². The third-order valence-electron chi connectivity index (χ3n) is 6.09. The number of halogens is 1. The largest absolute Gasteiger partial charge is 0.352 e. The van der Waals surface area contributed by atoms with E-state index in [0.717, 1.165) is 36.2 Å². The van der Waals surface area contributed by atoms with Gasteiger partial charge in [-0.3, -0.25) is 9.59 Å². The van der Waals surface area contributed by atoms with Gasteiger partial charge in [-0.05, 0) is 69.0 Å². The molecule has 0 aromatic heterocycles. The van der Waals surface area contributed by atoms with Crippen LogP contribution in [0.4, 0.5) is 5.69 Å². The lowest BCUT2D eigenvalue weighted by Gasteiger charge is -2.33. The molecule has 2 rings (SSSR count). The Morgan fingerprint density at radius 3 is 2.19 bits per heavy atom. The summed E-state index contributed by atoms with van der Waals surface area (Å²) in [5.41, 5.74) is 2.84. The quantitative estimate of drug-likeness (QED) is 0.435. The Morgan fingerprint density at radius 1 is 1.03 bits per heavy atom. The number of hydrogen-bond donors (Lipinski definition) is 1. The first-order valence-electron chi connectivity index (χ1n) is 11.9. The molecule has 10 heteroatoms. The van der Waals surface area contributed by atoms with Crippen molar-refractivity contribution in [2.75, 3.05) is 24.9 Å². The Balaban J connectivity index is 2.49. The van der Waals surface area contributed by atoms with Crippen LogP contribution in [-0.4, -0.2) is 62.2 Å². The third kappa shape index (κ3) is 7.54. The number of rotatable bonds is 11. The minimum absolute atomic E-state index is 0.0508. The maximum Gasteiger partial charge on any atom is 0.304 e. The number of carbonyl (C=O) groups is 2. The van der Waals surface area contributed by atoms with Crippen molar-refractivity contribution in [1.82, 2.24) is 14.5 Å². The van der Waals surface area contributed by atoms with Crippen LogP contribution >= 0.6 is 15.9 Å². The summed E-state index contributed by atoms with van der Waals surface area (Å²) < 4.78 is 29.8. The van der Waals surface area contributed by atoms with Gasteiger partial charge in [-0.2, -0.15) is 12.7 Å². The van der Waals surface area contributed by atoms with Crippen molar-refractivity contribution in [2.24, 2.45) is 0 Å². The molecule has 0 bridgehead atoms. The molecule has 0 spiro atoms. The number of carbonyl (C=O) groups excluding carboxylic acids is 2. The Kier molecular flexibility index (Phi) is 10.5. The van der Waals surface area contributed by atoms with Crippen LogP contribution in [0.3, 0.4) is 0 Å². The van der Waals surface area contributed by atoms with Gasteiger partial charge in [0.05, 0.1) is 5.69 Å². The van der Waals surface area contributed by atoms with E-state index in [9.17, 15) is 18.0 Å². The number of hydrogen-bond acceptors (Lipinski definition) is 4. The molecule has 0 aliphatic rings. The van der Waals surface area contributed by atoms with Gasteiger partial charge in [0.15, 0.2) is 0 Å². The number of nitrogens with zero attached hydrogens (tertiary/aromatic N) is 3. The zero-order chi connectivity index (χ0) is 27.2. The molecule has 8 nitrogen and oxygen atoms in total. The van der Waals surface area contributed by atoms with Gasteiger partial charge in [0.2, 0.25) is 11.8 Å². The lowest BCUT2D eigenvalue weighted by atomic mass is 10.1. The number of aryl methyl sites for hydroxylation is 2. The molecule has 2 aromatic carbocycles. The Morgan fingerprint density at radius 2 is 1.64 bits per heavy atom. The summed E-state index contributed by atoms with van der Waals surface area (Å²) in [4.78, 5) is 28.2. The van der Waals surface area contributed by atoms with E-state index < -0.39 is 28.7 Å². The van der Waals surface area contributed by atoms with Crippen LogP contribution in [0.25, 0.3) is 0 Å². The van der Waals surface area contributed by atoms with Crippen molar-refractivity contribution in [2.45, 2.75) is 59.7 Å². The van der Waals surface area contributed by atoms with Crippen molar-refractivity contribution in [3.8, 4) is 0 Å². The van der Waals surface area contributed by atoms with Gasteiger partial charge in [0.25, 0.3) is 0 Å². The lowest BCUT2D eigenvalue weighted by molar-refractivity contribution is -0.139. The maximum atomic E-state index is 13.8. The molecule has 0 saturated carbocycles. The SMILES string of the molecule is CC[C@H](C)NC(=O)[C@@H](C)N(Cc1ccc(Br)cc1)C(=O)CN(c1cc(C)ccc1C)S(=O)(=O)N(C)C. The molecule has 0 saturated heterocycles. The van der Waals surface area contributed by atoms with E-state index in [1.165, 1.54) is 19.0 Å². The second kappa shape index (κ2) is 12.7. The number of benzene rings is 2. The first kappa shape index (κ1) is 29.8. The Bertz CT molecular complexity index is 1170. The second-order valence-electron chi connectivity index (χ2n) is 9.23. The molecule has 0 aliphatic carbocycles. The molecular formula is C26H37BrN4O4S. The van der Waals surface area contributed by atoms with Crippen molar-refractivity contribution in [3.05, 3.63) is 63.6 Å². The van der Waals surface area contributed by atoms with E-state index in [2.05, 4.69) is 21.2 Å². The molecule has 0 fully saturated rings. The highest BCUT2D eigenvalue weighted by atomic mass is 79.9. The molecule has 2 aromatic rings. The third-order valence-corrected chi connectivity index (χ3v) is 8.42. The zero-order valence-corrected chi connectivity index (χ0v) is 24.5. The van der Waals surface area contributed by atoms with E-state index in [1.54, 1.807) is 19.9 Å². The summed E-state index contributed by atoms with van der Waals surface area (Å²) in [6.07, 6.45) is 0.751. The predicted octanol–water partition coefficient (Wildman–Crippen LogP) is 4.01. The fourth-order valence-corrected chi connectivity index (χ4v) is 4.90. The molecule has 0 heterocycles. The van der Waals surface area contributed by atoms with Crippen LogP contribution in [0.2, 0.25) is 0 Å². The van der Waals surface area contributed by atoms with E-state index in [4.69, 9.17) is 0 Å². The second-order valence-corrected chi connectivity index (χ2v) is 12.2.